The Morgan fingerprint density at radius 2 is 2.07 bits per heavy atom. The van der Waals surface area contributed by atoms with Gasteiger partial charge in [0.2, 0.25) is 0 Å². The Bertz CT molecular complexity index is 161. The quantitative estimate of drug-likeness (QED) is 0.572. The zero-order valence-corrected chi connectivity index (χ0v) is 10.2. The van der Waals surface area contributed by atoms with E-state index in [2.05, 4.69) is 19.2 Å². The van der Waals surface area contributed by atoms with Crippen molar-refractivity contribution in [1.82, 2.24) is 5.32 Å². The van der Waals surface area contributed by atoms with Crippen molar-refractivity contribution in [3.05, 3.63) is 0 Å². The summed E-state index contributed by atoms with van der Waals surface area (Å²) in [4.78, 5) is 0. The molecule has 0 aromatic rings. The van der Waals surface area contributed by atoms with Gasteiger partial charge in [0.05, 0.1) is 6.61 Å². The lowest BCUT2D eigenvalue weighted by atomic mass is 10.0. The molecule has 1 fully saturated rings. The standard InChI is InChI=1S/C12H26N2O/c1-12(2,13)6-3-7-14-8-9-15-10-11-4-5-11/h11,14H,3-10,13H2,1-2H3. The maximum absolute atomic E-state index is 5.89. The normalized spacial score (nSPS) is 17.0. The summed E-state index contributed by atoms with van der Waals surface area (Å²) in [5.74, 6) is 0.878. The van der Waals surface area contributed by atoms with Crippen molar-refractivity contribution in [3.8, 4) is 0 Å². The van der Waals surface area contributed by atoms with Crippen LogP contribution in [0.4, 0.5) is 0 Å². The third-order valence-corrected chi connectivity index (χ3v) is 2.65. The van der Waals surface area contributed by atoms with Crippen LogP contribution in [-0.2, 0) is 4.74 Å². The summed E-state index contributed by atoms with van der Waals surface area (Å²) in [6, 6.07) is 0. The van der Waals surface area contributed by atoms with Crippen molar-refractivity contribution in [2.24, 2.45) is 11.7 Å². The average molecular weight is 214 g/mol. The molecule has 0 atom stereocenters. The van der Waals surface area contributed by atoms with Gasteiger partial charge in [0.25, 0.3) is 0 Å². The Hall–Kier alpha value is -0.120. The maximum Gasteiger partial charge on any atom is 0.0591 e. The molecule has 90 valence electrons. The van der Waals surface area contributed by atoms with E-state index in [0.29, 0.717) is 0 Å². The Kier molecular flexibility index (Phi) is 5.58. The average Bonchev–Trinajstić information content (AvgIpc) is 2.91. The highest BCUT2D eigenvalue weighted by molar-refractivity contribution is 4.72. The van der Waals surface area contributed by atoms with Gasteiger partial charge in [-0.2, -0.15) is 0 Å². The number of rotatable bonds is 9. The molecule has 1 rings (SSSR count). The van der Waals surface area contributed by atoms with E-state index in [-0.39, 0.29) is 5.54 Å². The summed E-state index contributed by atoms with van der Waals surface area (Å²) in [6.45, 7) is 7.99. The molecule has 15 heavy (non-hydrogen) atoms. The summed E-state index contributed by atoms with van der Waals surface area (Å²) in [6.07, 6.45) is 4.97. The fraction of sp³-hybridized carbons (Fsp3) is 1.00. The van der Waals surface area contributed by atoms with Crippen LogP contribution < -0.4 is 11.1 Å². The molecule has 0 spiro atoms. The van der Waals surface area contributed by atoms with Crippen LogP contribution in [0.2, 0.25) is 0 Å². The zero-order valence-electron chi connectivity index (χ0n) is 10.2. The highest BCUT2D eigenvalue weighted by atomic mass is 16.5. The van der Waals surface area contributed by atoms with Crippen LogP contribution in [0.15, 0.2) is 0 Å². The van der Waals surface area contributed by atoms with E-state index in [1.807, 2.05) is 0 Å². The van der Waals surface area contributed by atoms with Gasteiger partial charge in [0, 0.05) is 18.7 Å². The predicted octanol–water partition coefficient (Wildman–Crippen LogP) is 1.52. The molecular weight excluding hydrogens is 188 g/mol. The van der Waals surface area contributed by atoms with E-state index in [0.717, 1.165) is 45.1 Å². The molecule has 0 amide bonds. The molecule has 1 saturated carbocycles. The second kappa shape index (κ2) is 6.46. The molecule has 0 saturated heterocycles. The van der Waals surface area contributed by atoms with Crippen LogP contribution in [0.3, 0.4) is 0 Å². The minimum atomic E-state index is -0.0237. The van der Waals surface area contributed by atoms with Crippen molar-refractivity contribution in [2.45, 2.75) is 45.1 Å². The first-order chi connectivity index (χ1) is 7.08. The topological polar surface area (TPSA) is 47.3 Å². The Morgan fingerprint density at radius 3 is 2.67 bits per heavy atom. The van der Waals surface area contributed by atoms with E-state index in [1.54, 1.807) is 0 Å². The van der Waals surface area contributed by atoms with Gasteiger partial charge in [-0.1, -0.05) is 0 Å². The lowest BCUT2D eigenvalue weighted by Gasteiger charge is -2.17. The minimum absolute atomic E-state index is 0.0237. The first-order valence-corrected chi connectivity index (χ1v) is 6.15. The van der Waals surface area contributed by atoms with Gasteiger partial charge in [-0.3, -0.25) is 0 Å². The van der Waals surface area contributed by atoms with E-state index in [1.165, 1.54) is 12.8 Å². The molecule has 1 aliphatic carbocycles. The molecule has 0 heterocycles. The summed E-state index contributed by atoms with van der Waals surface area (Å²) in [7, 11) is 0. The fourth-order valence-corrected chi connectivity index (χ4v) is 1.47. The summed E-state index contributed by atoms with van der Waals surface area (Å²) in [5, 5.41) is 3.37. The van der Waals surface area contributed by atoms with Crippen molar-refractivity contribution >= 4 is 0 Å². The first-order valence-electron chi connectivity index (χ1n) is 6.15. The molecule has 0 aliphatic heterocycles. The van der Waals surface area contributed by atoms with Crippen molar-refractivity contribution in [3.63, 3.8) is 0 Å². The highest BCUT2D eigenvalue weighted by Gasteiger charge is 2.20. The second-order valence-corrected chi connectivity index (χ2v) is 5.36. The summed E-state index contributed by atoms with van der Waals surface area (Å²) >= 11 is 0. The van der Waals surface area contributed by atoms with Gasteiger partial charge in [0.1, 0.15) is 0 Å². The van der Waals surface area contributed by atoms with Gasteiger partial charge in [-0.15, -0.1) is 0 Å². The largest absolute Gasteiger partial charge is 0.380 e. The summed E-state index contributed by atoms with van der Waals surface area (Å²) in [5.41, 5.74) is 5.86. The van der Waals surface area contributed by atoms with E-state index >= 15 is 0 Å². The Labute approximate surface area is 93.8 Å². The van der Waals surface area contributed by atoms with Gasteiger partial charge < -0.3 is 15.8 Å². The first kappa shape index (κ1) is 12.9. The molecule has 0 bridgehead atoms. The van der Waals surface area contributed by atoms with Gasteiger partial charge in [0.15, 0.2) is 0 Å². The van der Waals surface area contributed by atoms with Gasteiger partial charge >= 0.3 is 0 Å². The molecular formula is C12H26N2O. The van der Waals surface area contributed by atoms with E-state index in [9.17, 15) is 0 Å². The van der Waals surface area contributed by atoms with Crippen molar-refractivity contribution in [1.29, 1.82) is 0 Å². The number of nitrogens with one attached hydrogen (secondary N) is 1. The monoisotopic (exact) mass is 214 g/mol. The van der Waals surface area contributed by atoms with Crippen LogP contribution in [0.5, 0.6) is 0 Å². The molecule has 0 aromatic carbocycles. The van der Waals surface area contributed by atoms with E-state index in [4.69, 9.17) is 10.5 Å². The van der Waals surface area contributed by atoms with Crippen LogP contribution in [0, 0.1) is 5.92 Å². The number of hydrogen-bond acceptors (Lipinski definition) is 3. The van der Waals surface area contributed by atoms with Gasteiger partial charge in [-0.05, 0) is 52.0 Å². The molecule has 3 N–H and O–H groups in total. The smallest absolute Gasteiger partial charge is 0.0591 e. The number of hydrogen-bond donors (Lipinski definition) is 2. The number of nitrogens with two attached hydrogens (primary N) is 1. The maximum atomic E-state index is 5.89. The molecule has 3 heteroatoms. The van der Waals surface area contributed by atoms with Crippen molar-refractivity contribution < 1.29 is 4.74 Å². The highest BCUT2D eigenvalue weighted by Crippen LogP contribution is 2.28. The van der Waals surface area contributed by atoms with Crippen LogP contribution >= 0.6 is 0 Å². The van der Waals surface area contributed by atoms with Crippen LogP contribution in [0.25, 0.3) is 0 Å². The van der Waals surface area contributed by atoms with Crippen LogP contribution in [0.1, 0.15) is 39.5 Å². The minimum Gasteiger partial charge on any atom is -0.380 e. The van der Waals surface area contributed by atoms with Crippen molar-refractivity contribution in [2.75, 3.05) is 26.3 Å². The van der Waals surface area contributed by atoms with Gasteiger partial charge in [-0.25, -0.2) is 0 Å². The SMILES string of the molecule is CC(C)(N)CCCNCCOCC1CC1. The molecule has 0 aromatic heterocycles. The Balaban J connectivity index is 1.72. The molecule has 1 aliphatic rings. The summed E-state index contributed by atoms with van der Waals surface area (Å²) < 4.78 is 5.52. The third-order valence-electron chi connectivity index (χ3n) is 2.65. The van der Waals surface area contributed by atoms with Crippen LogP contribution in [-0.4, -0.2) is 31.8 Å². The molecule has 0 unspecified atom stereocenters. The Morgan fingerprint density at radius 1 is 1.33 bits per heavy atom. The zero-order chi connectivity index (χ0) is 11.1. The van der Waals surface area contributed by atoms with E-state index < -0.39 is 0 Å². The second-order valence-electron chi connectivity index (χ2n) is 5.36. The molecule has 0 radical (unpaired) electrons. The number of ether oxygens (including phenoxy) is 1. The lowest BCUT2D eigenvalue weighted by molar-refractivity contribution is 0.126. The lowest BCUT2D eigenvalue weighted by Crippen LogP contribution is -2.33. The predicted molar refractivity (Wildman–Crippen MR) is 63.9 cm³/mol. The molecule has 3 nitrogen and oxygen atoms in total. The fourth-order valence-electron chi connectivity index (χ4n) is 1.47. The third kappa shape index (κ3) is 8.85.